The predicted molar refractivity (Wildman–Crippen MR) is 75.8 cm³/mol. The van der Waals surface area contributed by atoms with E-state index in [1.807, 2.05) is 0 Å². The minimum absolute atomic E-state index is 0.00875. The van der Waals surface area contributed by atoms with E-state index in [9.17, 15) is 8.42 Å². The van der Waals surface area contributed by atoms with Crippen molar-refractivity contribution in [1.82, 2.24) is 4.31 Å². The summed E-state index contributed by atoms with van der Waals surface area (Å²) in [6, 6.07) is -0.00875. The third-order valence-electron chi connectivity index (χ3n) is 3.39. The summed E-state index contributed by atoms with van der Waals surface area (Å²) in [4.78, 5) is 0.0466. The molecule has 1 aliphatic rings. The van der Waals surface area contributed by atoms with Crippen LogP contribution in [0.25, 0.3) is 0 Å². The highest BCUT2D eigenvalue weighted by atomic mass is 32.2. The molecule has 0 aromatic rings. The van der Waals surface area contributed by atoms with Gasteiger partial charge in [0.15, 0.2) is 0 Å². The zero-order chi connectivity index (χ0) is 13.8. The summed E-state index contributed by atoms with van der Waals surface area (Å²) in [6.07, 6.45) is 3.45. The van der Waals surface area contributed by atoms with Crippen molar-refractivity contribution in [2.75, 3.05) is 13.2 Å². The Hall–Kier alpha value is -0.240. The third kappa shape index (κ3) is 3.40. The van der Waals surface area contributed by atoms with Gasteiger partial charge in [-0.15, -0.1) is 0 Å². The molecule has 2 atom stereocenters. The second-order valence-corrected chi connectivity index (χ2v) is 7.16. The van der Waals surface area contributed by atoms with Crippen LogP contribution in [-0.4, -0.2) is 47.3 Å². The standard InChI is InChI=1S/C11H22N2O3S2/c1-2-10(11(12)17)18(15,16)13-7-3-5-9(13)6-4-8-14/h9-10,14H,2-8H2,1H3,(H2,12,17). The molecule has 1 aliphatic heterocycles. The lowest BCUT2D eigenvalue weighted by Crippen LogP contribution is -2.46. The molecule has 1 saturated heterocycles. The van der Waals surface area contributed by atoms with Crippen LogP contribution in [-0.2, 0) is 10.0 Å². The van der Waals surface area contributed by atoms with Crippen molar-refractivity contribution in [3.8, 4) is 0 Å². The Bertz CT molecular complexity index is 384. The van der Waals surface area contributed by atoms with Crippen molar-refractivity contribution in [1.29, 1.82) is 0 Å². The van der Waals surface area contributed by atoms with Crippen molar-refractivity contribution in [3.05, 3.63) is 0 Å². The molecule has 5 nitrogen and oxygen atoms in total. The molecule has 0 radical (unpaired) electrons. The molecule has 1 fully saturated rings. The molecule has 3 N–H and O–H groups in total. The third-order valence-corrected chi connectivity index (χ3v) is 6.27. The predicted octanol–water partition coefficient (Wildman–Crippen LogP) is 0.618. The molecule has 0 aromatic carbocycles. The second kappa shape index (κ2) is 6.79. The smallest absolute Gasteiger partial charge is 0.223 e. The van der Waals surface area contributed by atoms with E-state index in [1.165, 1.54) is 4.31 Å². The summed E-state index contributed by atoms with van der Waals surface area (Å²) in [5.41, 5.74) is 5.53. The van der Waals surface area contributed by atoms with Gasteiger partial charge >= 0.3 is 0 Å². The molecule has 0 bridgehead atoms. The summed E-state index contributed by atoms with van der Waals surface area (Å²) in [5, 5.41) is 8.09. The summed E-state index contributed by atoms with van der Waals surface area (Å²) in [7, 11) is -3.44. The Morgan fingerprint density at radius 2 is 2.28 bits per heavy atom. The summed E-state index contributed by atoms with van der Waals surface area (Å²) >= 11 is 4.86. The fourth-order valence-electron chi connectivity index (χ4n) is 2.48. The highest BCUT2D eigenvalue weighted by molar-refractivity contribution is 7.92. The van der Waals surface area contributed by atoms with Gasteiger partial charge in [0.05, 0.1) is 4.99 Å². The first kappa shape index (κ1) is 15.8. The Kier molecular flexibility index (Phi) is 5.97. The maximum absolute atomic E-state index is 12.5. The van der Waals surface area contributed by atoms with Crippen LogP contribution in [0.5, 0.6) is 0 Å². The van der Waals surface area contributed by atoms with E-state index in [4.69, 9.17) is 23.1 Å². The van der Waals surface area contributed by atoms with Crippen LogP contribution in [0.4, 0.5) is 0 Å². The van der Waals surface area contributed by atoms with Crippen LogP contribution < -0.4 is 5.73 Å². The summed E-state index contributed by atoms with van der Waals surface area (Å²) < 4.78 is 26.5. The Balaban J connectivity index is 2.85. The average Bonchev–Trinajstić information content (AvgIpc) is 2.74. The lowest BCUT2D eigenvalue weighted by molar-refractivity contribution is 0.264. The van der Waals surface area contributed by atoms with E-state index in [-0.39, 0.29) is 17.6 Å². The molecular weight excluding hydrogens is 272 g/mol. The maximum Gasteiger partial charge on any atom is 0.223 e. The Morgan fingerprint density at radius 1 is 1.61 bits per heavy atom. The molecule has 0 aliphatic carbocycles. The van der Waals surface area contributed by atoms with Crippen LogP contribution in [0.3, 0.4) is 0 Å². The number of sulfonamides is 1. The molecule has 106 valence electrons. The number of nitrogens with zero attached hydrogens (tertiary/aromatic N) is 1. The van der Waals surface area contributed by atoms with E-state index >= 15 is 0 Å². The van der Waals surface area contributed by atoms with Gasteiger partial charge in [-0.25, -0.2) is 8.42 Å². The van der Waals surface area contributed by atoms with Gasteiger partial charge in [-0.05, 0) is 32.1 Å². The maximum atomic E-state index is 12.5. The molecule has 1 heterocycles. The number of hydrogen-bond donors (Lipinski definition) is 2. The molecule has 0 saturated carbocycles. The number of aliphatic hydroxyl groups excluding tert-OH is 1. The van der Waals surface area contributed by atoms with Gasteiger partial charge in [0, 0.05) is 19.2 Å². The van der Waals surface area contributed by atoms with Crippen LogP contribution in [0, 0.1) is 0 Å². The van der Waals surface area contributed by atoms with Crippen LogP contribution in [0.15, 0.2) is 0 Å². The molecule has 0 amide bonds. The zero-order valence-corrected chi connectivity index (χ0v) is 12.3. The van der Waals surface area contributed by atoms with Gasteiger partial charge in [-0.3, -0.25) is 0 Å². The van der Waals surface area contributed by atoms with Gasteiger partial charge in [0.2, 0.25) is 10.0 Å². The van der Waals surface area contributed by atoms with Crippen LogP contribution in [0.2, 0.25) is 0 Å². The molecular formula is C11H22N2O3S2. The van der Waals surface area contributed by atoms with Crippen molar-refractivity contribution in [2.24, 2.45) is 5.73 Å². The Labute approximate surface area is 114 Å². The van der Waals surface area contributed by atoms with Gasteiger partial charge in [-0.2, -0.15) is 4.31 Å². The van der Waals surface area contributed by atoms with Crippen molar-refractivity contribution >= 4 is 27.2 Å². The fourth-order valence-corrected chi connectivity index (χ4v) is 5.06. The molecule has 18 heavy (non-hydrogen) atoms. The first-order valence-electron chi connectivity index (χ1n) is 6.36. The number of rotatable bonds is 7. The molecule has 0 aromatic heterocycles. The lowest BCUT2D eigenvalue weighted by atomic mass is 10.1. The number of aliphatic hydroxyl groups is 1. The van der Waals surface area contributed by atoms with Crippen molar-refractivity contribution < 1.29 is 13.5 Å². The summed E-state index contributed by atoms with van der Waals surface area (Å²) in [6.45, 7) is 2.41. The number of thiocarbonyl (C=S) groups is 1. The fraction of sp³-hybridized carbons (Fsp3) is 0.909. The van der Waals surface area contributed by atoms with Crippen LogP contribution >= 0.6 is 12.2 Å². The van der Waals surface area contributed by atoms with Gasteiger partial charge in [0.25, 0.3) is 0 Å². The van der Waals surface area contributed by atoms with E-state index in [1.54, 1.807) is 6.92 Å². The quantitative estimate of drug-likeness (QED) is 0.672. The minimum Gasteiger partial charge on any atom is -0.396 e. The normalized spacial score (nSPS) is 23.1. The zero-order valence-electron chi connectivity index (χ0n) is 10.7. The summed E-state index contributed by atoms with van der Waals surface area (Å²) in [5.74, 6) is 0. The molecule has 1 rings (SSSR count). The van der Waals surface area contributed by atoms with Crippen molar-refractivity contribution in [3.63, 3.8) is 0 Å². The minimum atomic E-state index is -3.44. The highest BCUT2D eigenvalue weighted by Gasteiger charge is 2.39. The van der Waals surface area contributed by atoms with Gasteiger partial charge in [0.1, 0.15) is 5.25 Å². The molecule has 0 spiro atoms. The first-order valence-corrected chi connectivity index (χ1v) is 8.27. The Morgan fingerprint density at radius 3 is 2.78 bits per heavy atom. The van der Waals surface area contributed by atoms with E-state index in [0.29, 0.717) is 25.8 Å². The number of nitrogens with two attached hydrogens (primary N) is 1. The first-order chi connectivity index (χ1) is 8.45. The largest absolute Gasteiger partial charge is 0.396 e. The van der Waals surface area contributed by atoms with E-state index in [2.05, 4.69) is 0 Å². The SMILES string of the molecule is CCC(C(N)=S)S(=O)(=O)N1CCCC1CCCO. The van der Waals surface area contributed by atoms with Crippen LogP contribution in [0.1, 0.15) is 39.0 Å². The monoisotopic (exact) mass is 294 g/mol. The van der Waals surface area contributed by atoms with Gasteiger partial charge in [-0.1, -0.05) is 19.1 Å². The highest BCUT2D eigenvalue weighted by Crippen LogP contribution is 2.27. The molecule has 2 unspecified atom stereocenters. The van der Waals surface area contributed by atoms with E-state index in [0.717, 1.165) is 12.8 Å². The average molecular weight is 294 g/mol. The van der Waals surface area contributed by atoms with Gasteiger partial charge < -0.3 is 10.8 Å². The second-order valence-electron chi connectivity index (χ2n) is 4.62. The van der Waals surface area contributed by atoms with Crippen molar-refractivity contribution in [2.45, 2.75) is 50.3 Å². The van der Waals surface area contributed by atoms with E-state index < -0.39 is 15.3 Å². The lowest BCUT2D eigenvalue weighted by Gasteiger charge is -2.27. The molecule has 7 heteroatoms. The number of hydrogen-bond acceptors (Lipinski definition) is 4. The topological polar surface area (TPSA) is 83.6 Å².